The number of nitrogens with zero attached hydrogens (tertiary/aromatic N) is 2. The Labute approximate surface area is 107 Å². The molecule has 1 aromatic heterocycles. The maximum atomic E-state index is 13.7. The van der Waals surface area contributed by atoms with Gasteiger partial charge in [-0.3, -0.25) is 0 Å². The van der Waals surface area contributed by atoms with E-state index >= 15 is 0 Å². The molecule has 1 aromatic carbocycles. The average Bonchev–Trinajstić information content (AvgIpc) is 2.68. The van der Waals surface area contributed by atoms with Crippen LogP contribution in [0.2, 0.25) is 0 Å². The molecule has 0 radical (unpaired) electrons. The van der Waals surface area contributed by atoms with E-state index in [9.17, 15) is 4.39 Å². The minimum absolute atomic E-state index is 0.128. The lowest BCUT2D eigenvalue weighted by Crippen LogP contribution is -2.19. The number of fused-ring (bicyclic) bond motifs is 1. The highest BCUT2D eigenvalue weighted by atomic mass is 79.9. The lowest BCUT2D eigenvalue weighted by atomic mass is 10.2. The first-order valence-electron chi connectivity index (χ1n) is 5.70. The van der Waals surface area contributed by atoms with Crippen LogP contribution in [0.15, 0.2) is 22.7 Å². The molecule has 1 aliphatic rings. The average molecular weight is 299 g/mol. The van der Waals surface area contributed by atoms with E-state index in [2.05, 4.69) is 21.0 Å². The van der Waals surface area contributed by atoms with Crippen LogP contribution >= 0.6 is 15.9 Å². The third-order valence-electron chi connectivity index (χ3n) is 3.05. The van der Waals surface area contributed by atoms with Crippen LogP contribution in [0.25, 0.3) is 10.9 Å². The van der Waals surface area contributed by atoms with Crippen molar-refractivity contribution in [2.75, 3.05) is 6.61 Å². The van der Waals surface area contributed by atoms with Gasteiger partial charge in [0, 0.05) is 11.1 Å². The molecule has 17 heavy (non-hydrogen) atoms. The first-order valence-corrected chi connectivity index (χ1v) is 6.50. The van der Waals surface area contributed by atoms with E-state index in [1.807, 2.05) is 12.1 Å². The molecule has 0 amide bonds. The van der Waals surface area contributed by atoms with Crippen molar-refractivity contribution in [1.82, 2.24) is 9.78 Å². The van der Waals surface area contributed by atoms with E-state index in [1.54, 1.807) is 10.7 Å². The van der Waals surface area contributed by atoms with Crippen molar-refractivity contribution >= 4 is 26.8 Å². The van der Waals surface area contributed by atoms with Gasteiger partial charge in [-0.15, -0.1) is 5.10 Å². The smallest absolute Gasteiger partial charge is 0.240 e. The second-order valence-electron chi connectivity index (χ2n) is 4.22. The van der Waals surface area contributed by atoms with Crippen LogP contribution in [0.1, 0.15) is 25.5 Å². The Morgan fingerprint density at radius 1 is 1.41 bits per heavy atom. The Balaban J connectivity index is 2.10. The van der Waals surface area contributed by atoms with E-state index in [1.165, 1.54) is 0 Å². The summed E-state index contributed by atoms with van der Waals surface area (Å²) in [5.74, 6) is -0.435. The fourth-order valence-electron chi connectivity index (χ4n) is 2.21. The minimum atomic E-state index is -0.435. The predicted octanol–water partition coefficient (Wildman–Crippen LogP) is 3.64. The van der Waals surface area contributed by atoms with Crippen LogP contribution in [0, 0.1) is 5.95 Å². The Morgan fingerprint density at radius 2 is 2.29 bits per heavy atom. The molecule has 5 heteroatoms. The zero-order chi connectivity index (χ0) is 11.8. The normalized spacial score (nSPS) is 20.9. The van der Waals surface area contributed by atoms with E-state index in [4.69, 9.17) is 4.74 Å². The molecule has 1 saturated heterocycles. The van der Waals surface area contributed by atoms with Crippen LogP contribution in [0.5, 0.6) is 0 Å². The van der Waals surface area contributed by atoms with Crippen molar-refractivity contribution in [1.29, 1.82) is 0 Å². The van der Waals surface area contributed by atoms with Gasteiger partial charge in [0.15, 0.2) is 6.23 Å². The van der Waals surface area contributed by atoms with E-state index < -0.39 is 5.95 Å². The zero-order valence-electron chi connectivity index (χ0n) is 9.20. The molecule has 3 nitrogen and oxygen atoms in total. The highest BCUT2D eigenvalue weighted by Gasteiger charge is 2.20. The SMILES string of the molecule is Fc1nn(C2CCCCO2)c2ccc(Br)cc12. The second-order valence-corrected chi connectivity index (χ2v) is 5.13. The molecule has 1 unspecified atom stereocenters. The van der Waals surface area contributed by atoms with E-state index in [-0.39, 0.29) is 6.23 Å². The topological polar surface area (TPSA) is 27.1 Å². The Kier molecular flexibility index (Phi) is 2.88. The van der Waals surface area contributed by atoms with Crippen LogP contribution in [0.3, 0.4) is 0 Å². The molecule has 1 aliphatic heterocycles. The summed E-state index contributed by atoms with van der Waals surface area (Å²) in [6.07, 6.45) is 2.94. The molecule has 2 aromatic rings. The molecule has 1 fully saturated rings. The summed E-state index contributed by atoms with van der Waals surface area (Å²) in [7, 11) is 0. The lowest BCUT2D eigenvalue weighted by molar-refractivity contribution is -0.0375. The Bertz CT molecular complexity index is 549. The molecular formula is C12H12BrFN2O. The molecule has 2 heterocycles. The van der Waals surface area contributed by atoms with Crippen molar-refractivity contribution < 1.29 is 9.13 Å². The summed E-state index contributed by atoms with van der Waals surface area (Å²) in [6, 6.07) is 5.51. The van der Waals surface area contributed by atoms with Gasteiger partial charge in [0.1, 0.15) is 0 Å². The fourth-order valence-corrected chi connectivity index (χ4v) is 2.57. The molecule has 1 atom stereocenters. The van der Waals surface area contributed by atoms with Crippen molar-refractivity contribution in [3.8, 4) is 0 Å². The number of aromatic nitrogens is 2. The van der Waals surface area contributed by atoms with Crippen molar-refractivity contribution in [3.05, 3.63) is 28.6 Å². The largest absolute Gasteiger partial charge is 0.356 e. The van der Waals surface area contributed by atoms with Crippen molar-refractivity contribution in [2.24, 2.45) is 0 Å². The van der Waals surface area contributed by atoms with Crippen molar-refractivity contribution in [3.63, 3.8) is 0 Å². The quantitative estimate of drug-likeness (QED) is 0.804. The Morgan fingerprint density at radius 3 is 3.06 bits per heavy atom. The second kappa shape index (κ2) is 4.38. The van der Waals surface area contributed by atoms with Gasteiger partial charge >= 0.3 is 0 Å². The lowest BCUT2D eigenvalue weighted by Gasteiger charge is -2.23. The maximum absolute atomic E-state index is 13.7. The zero-order valence-corrected chi connectivity index (χ0v) is 10.8. The van der Waals surface area contributed by atoms with E-state index in [0.717, 1.165) is 35.9 Å². The van der Waals surface area contributed by atoms with Gasteiger partial charge in [-0.05, 0) is 37.5 Å². The molecular weight excluding hydrogens is 287 g/mol. The first-order chi connectivity index (χ1) is 8.25. The summed E-state index contributed by atoms with van der Waals surface area (Å²) in [6.45, 7) is 0.726. The molecule has 0 N–H and O–H groups in total. The van der Waals surface area contributed by atoms with Crippen LogP contribution in [-0.4, -0.2) is 16.4 Å². The summed E-state index contributed by atoms with van der Waals surface area (Å²) in [4.78, 5) is 0. The summed E-state index contributed by atoms with van der Waals surface area (Å²) in [5, 5.41) is 4.49. The van der Waals surface area contributed by atoms with Crippen LogP contribution in [0.4, 0.5) is 4.39 Å². The Hall–Kier alpha value is -0.940. The van der Waals surface area contributed by atoms with Gasteiger partial charge in [0.2, 0.25) is 5.95 Å². The third-order valence-corrected chi connectivity index (χ3v) is 3.54. The van der Waals surface area contributed by atoms with Gasteiger partial charge in [-0.2, -0.15) is 4.39 Å². The maximum Gasteiger partial charge on any atom is 0.240 e. The summed E-state index contributed by atoms with van der Waals surface area (Å²) < 4.78 is 21.9. The third kappa shape index (κ3) is 1.98. The number of hydrogen-bond donors (Lipinski definition) is 0. The first kappa shape index (κ1) is 11.2. The summed E-state index contributed by atoms with van der Waals surface area (Å²) in [5.41, 5.74) is 0.789. The number of halogens is 2. The van der Waals surface area contributed by atoms with Gasteiger partial charge < -0.3 is 4.74 Å². The monoisotopic (exact) mass is 298 g/mol. The fraction of sp³-hybridized carbons (Fsp3) is 0.417. The van der Waals surface area contributed by atoms with Crippen LogP contribution in [-0.2, 0) is 4.74 Å². The molecule has 0 saturated carbocycles. The molecule has 3 rings (SSSR count). The molecule has 0 bridgehead atoms. The van der Waals surface area contributed by atoms with Gasteiger partial charge in [-0.1, -0.05) is 15.9 Å². The highest BCUT2D eigenvalue weighted by molar-refractivity contribution is 9.10. The number of ether oxygens (including phenoxy) is 1. The number of hydrogen-bond acceptors (Lipinski definition) is 2. The molecule has 0 aliphatic carbocycles. The highest BCUT2D eigenvalue weighted by Crippen LogP contribution is 2.28. The standard InChI is InChI=1S/C12H12BrFN2O/c13-8-4-5-10-9(7-8)12(14)15-16(10)11-3-1-2-6-17-11/h4-5,7,11H,1-3,6H2. The number of rotatable bonds is 1. The van der Waals surface area contributed by atoms with Gasteiger partial charge in [0.05, 0.1) is 10.9 Å². The molecule has 0 spiro atoms. The predicted molar refractivity (Wildman–Crippen MR) is 66.2 cm³/mol. The van der Waals surface area contributed by atoms with Crippen molar-refractivity contribution in [2.45, 2.75) is 25.5 Å². The minimum Gasteiger partial charge on any atom is -0.356 e. The van der Waals surface area contributed by atoms with E-state index in [0.29, 0.717) is 5.39 Å². The van der Waals surface area contributed by atoms with Crippen LogP contribution < -0.4 is 0 Å². The van der Waals surface area contributed by atoms with Gasteiger partial charge in [0.25, 0.3) is 0 Å². The summed E-state index contributed by atoms with van der Waals surface area (Å²) >= 11 is 3.34. The van der Waals surface area contributed by atoms with Gasteiger partial charge in [-0.25, -0.2) is 4.68 Å². The molecule has 90 valence electrons. The number of benzene rings is 1.